The summed E-state index contributed by atoms with van der Waals surface area (Å²) < 4.78 is 15.3. The van der Waals surface area contributed by atoms with Crippen LogP contribution in [-0.4, -0.2) is 55.8 Å². The van der Waals surface area contributed by atoms with E-state index in [-0.39, 0.29) is 28.9 Å². The van der Waals surface area contributed by atoms with Gasteiger partial charge in [-0.15, -0.1) is 5.10 Å². The first kappa shape index (κ1) is 22.1. The fraction of sp³-hybridized carbons (Fsp3) is 0.273. The number of carbonyl (C=O) groups is 2. The highest BCUT2D eigenvalue weighted by atomic mass is 19.1. The number of nitrogens with zero attached hydrogens (tertiary/aromatic N) is 5. The molecule has 1 aliphatic heterocycles. The highest BCUT2D eigenvalue weighted by Gasteiger charge is 2.27. The van der Waals surface area contributed by atoms with Gasteiger partial charge in [0, 0.05) is 31.3 Å². The summed E-state index contributed by atoms with van der Waals surface area (Å²) in [5.74, 6) is -1.34. The number of hydrogen-bond donors (Lipinski definition) is 1. The van der Waals surface area contributed by atoms with Gasteiger partial charge in [-0.25, -0.2) is 9.07 Å². The van der Waals surface area contributed by atoms with Gasteiger partial charge in [0.1, 0.15) is 5.82 Å². The molecule has 170 valence electrons. The van der Waals surface area contributed by atoms with E-state index in [0.29, 0.717) is 37.3 Å². The van der Waals surface area contributed by atoms with Gasteiger partial charge in [0.25, 0.3) is 17.5 Å². The quantitative estimate of drug-likeness (QED) is 0.469. The molecule has 2 heterocycles. The van der Waals surface area contributed by atoms with Crippen LogP contribution in [0.5, 0.6) is 0 Å². The lowest BCUT2D eigenvalue weighted by atomic mass is 10.0. The zero-order chi connectivity index (χ0) is 23.5. The average molecular weight is 452 g/mol. The van der Waals surface area contributed by atoms with Gasteiger partial charge >= 0.3 is 0 Å². The molecule has 1 saturated heterocycles. The largest absolute Gasteiger partial charge is 0.348 e. The van der Waals surface area contributed by atoms with Crippen molar-refractivity contribution >= 4 is 17.5 Å². The Balaban J connectivity index is 1.39. The van der Waals surface area contributed by atoms with Crippen LogP contribution in [0.15, 0.2) is 48.5 Å². The summed E-state index contributed by atoms with van der Waals surface area (Å²) in [7, 11) is 0. The fourth-order valence-corrected chi connectivity index (χ4v) is 3.81. The summed E-state index contributed by atoms with van der Waals surface area (Å²) in [6, 6.07) is 11.6. The number of piperidine rings is 1. The molecule has 0 radical (unpaired) electrons. The molecule has 1 aliphatic rings. The minimum Gasteiger partial charge on any atom is -0.348 e. The molecule has 1 N–H and O–H groups in total. The maximum absolute atomic E-state index is 13.9. The van der Waals surface area contributed by atoms with Gasteiger partial charge in [-0.3, -0.25) is 19.7 Å². The summed E-state index contributed by atoms with van der Waals surface area (Å²) in [4.78, 5) is 37.4. The number of nitrogens with one attached hydrogen (secondary N) is 1. The lowest BCUT2D eigenvalue weighted by Crippen LogP contribution is -2.46. The molecule has 11 heteroatoms. The van der Waals surface area contributed by atoms with Gasteiger partial charge in [-0.1, -0.05) is 23.4 Å². The number of amides is 2. The normalized spacial score (nSPS) is 14.2. The maximum Gasteiger partial charge on any atom is 0.273 e. The van der Waals surface area contributed by atoms with Gasteiger partial charge < -0.3 is 10.2 Å². The third-order valence-corrected chi connectivity index (χ3v) is 5.62. The Hall–Kier alpha value is -4.15. The second kappa shape index (κ2) is 9.15. The summed E-state index contributed by atoms with van der Waals surface area (Å²) in [5, 5.41) is 21.8. The second-order valence-corrected chi connectivity index (χ2v) is 7.73. The molecule has 4 rings (SSSR count). The summed E-state index contributed by atoms with van der Waals surface area (Å²) >= 11 is 0. The predicted octanol–water partition coefficient (Wildman–Crippen LogP) is 2.66. The van der Waals surface area contributed by atoms with Gasteiger partial charge in [-0.05, 0) is 38.0 Å². The summed E-state index contributed by atoms with van der Waals surface area (Å²) in [5.41, 5.74) is 0.929. The molecule has 1 aromatic heterocycles. The predicted molar refractivity (Wildman–Crippen MR) is 116 cm³/mol. The van der Waals surface area contributed by atoms with Crippen LogP contribution in [0.1, 0.15) is 39.4 Å². The molecular formula is C22H21FN6O4. The van der Waals surface area contributed by atoms with E-state index >= 15 is 0 Å². The molecule has 0 spiro atoms. The van der Waals surface area contributed by atoms with Crippen LogP contribution < -0.4 is 5.32 Å². The number of likely N-dealkylation sites (tertiary alicyclic amines) is 1. The zero-order valence-electron chi connectivity index (χ0n) is 17.8. The van der Waals surface area contributed by atoms with Crippen LogP contribution in [0, 0.1) is 22.9 Å². The van der Waals surface area contributed by atoms with Crippen LogP contribution >= 0.6 is 0 Å². The Bertz CT molecular complexity index is 1220. The fourth-order valence-electron chi connectivity index (χ4n) is 3.81. The molecule has 1 fully saturated rings. The Morgan fingerprint density at radius 1 is 1.15 bits per heavy atom. The Morgan fingerprint density at radius 2 is 1.88 bits per heavy atom. The smallest absolute Gasteiger partial charge is 0.273 e. The molecule has 33 heavy (non-hydrogen) atoms. The van der Waals surface area contributed by atoms with Crippen molar-refractivity contribution in [2.45, 2.75) is 25.8 Å². The van der Waals surface area contributed by atoms with E-state index in [1.165, 1.54) is 41.1 Å². The van der Waals surface area contributed by atoms with E-state index in [1.807, 2.05) is 0 Å². The first-order chi connectivity index (χ1) is 15.8. The first-order valence-electron chi connectivity index (χ1n) is 10.4. The standard InChI is InChI=1S/C22H21FN6O4/c1-14-20(25-26-28(14)16-5-4-6-17(13-16)29(32)33)21(30)24-15-9-11-27(12-10-15)22(31)18-7-2-3-8-19(18)23/h2-8,13,15H,9-12H2,1H3,(H,24,30). The number of non-ortho nitro benzene ring substituents is 1. The van der Waals surface area contributed by atoms with Crippen molar-refractivity contribution in [1.82, 2.24) is 25.2 Å². The third kappa shape index (κ3) is 4.56. The van der Waals surface area contributed by atoms with Gasteiger partial charge in [0.2, 0.25) is 0 Å². The van der Waals surface area contributed by atoms with E-state index in [0.717, 1.165) is 0 Å². The van der Waals surface area contributed by atoms with Gasteiger partial charge in [-0.2, -0.15) is 0 Å². The SMILES string of the molecule is Cc1c(C(=O)NC2CCN(C(=O)c3ccccc3F)CC2)nnn1-c1cccc([N+](=O)[O-])c1. The topological polar surface area (TPSA) is 123 Å². The van der Waals surface area contributed by atoms with Gasteiger partial charge in [0.15, 0.2) is 5.69 Å². The number of carbonyl (C=O) groups excluding carboxylic acids is 2. The number of nitro groups is 1. The minimum atomic E-state index is -0.555. The van der Waals surface area contributed by atoms with E-state index in [2.05, 4.69) is 15.6 Å². The summed E-state index contributed by atoms with van der Waals surface area (Å²) in [6.45, 7) is 2.43. The van der Waals surface area contributed by atoms with E-state index in [1.54, 1.807) is 24.0 Å². The van der Waals surface area contributed by atoms with Crippen LogP contribution in [0.25, 0.3) is 5.69 Å². The van der Waals surface area contributed by atoms with E-state index in [9.17, 15) is 24.1 Å². The molecule has 0 aliphatic carbocycles. The molecule has 3 aromatic rings. The lowest BCUT2D eigenvalue weighted by molar-refractivity contribution is -0.384. The molecule has 2 aromatic carbocycles. The maximum atomic E-state index is 13.9. The van der Waals surface area contributed by atoms with Crippen molar-refractivity contribution < 1.29 is 18.9 Å². The van der Waals surface area contributed by atoms with Crippen molar-refractivity contribution in [3.8, 4) is 5.69 Å². The first-order valence-corrected chi connectivity index (χ1v) is 10.4. The van der Waals surface area contributed by atoms with Crippen LogP contribution in [-0.2, 0) is 0 Å². The monoisotopic (exact) mass is 452 g/mol. The molecule has 2 amide bonds. The number of halogens is 1. The van der Waals surface area contributed by atoms with Crippen molar-refractivity contribution in [1.29, 1.82) is 0 Å². The number of rotatable bonds is 5. The second-order valence-electron chi connectivity index (χ2n) is 7.73. The Morgan fingerprint density at radius 3 is 2.58 bits per heavy atom. The van der Waals surface area contributed by atoms with E-state index < -0.39 is 16.6 Å². The van der Waals surface area contributed by atoms with Gasteiger partial charge in [0.05, 0.1) is 21.9 Å². The summed E-state index contributed by atoms with van der Waals surface area (Å²) in [6.07, 6.45) is 1.04. The van der Waals surface area contributed by atoms with Crippen molar-refractivity contribution in [3.05, 3.63) is 81.4 Å². The molecule has 0 unspecified atom stereocenters. The molecular weight excluding hydrogens is 431 g/mol. The minimum absolute atomic E-state index is 0.0355. The lowest BCUT2D eigenvalue weighted by Gasteiger charge is -2.32. The number of benzene rings is 2. The highest BCUT2D eigenvalue weighted by molar-refractivity contribution is 5.95. The third-order valence-electron chi connectivity index (χ3n) is 5.62. The molecule has 0 atom stereocenters. The Kier molecular flexibility index (Phi) is 6.11. The van der Waals surface area contributed by atoms with Crippen LogP contribution in [0.2, 0.25) is 0 Å². The Labute approximate surface area is 188 Å². The molecule has 0 saturated carbocycles. The van der Waals surface area contributed by atoms with Crippen molar-refractivity contribution in [2.24, 2.45) is 0 Å². The number of nitro benzene ring substituents is 1. The highest BCUT2D eigenvalue weighted by Crippen LogP contribution is 2.19. The molecule has 10 nitrogen and oxygen atoms in total. The number of aromatic nitrogens is 3. The molecule has 0 bridgehead atoms. The van der Waals surface area contributed by atoms with Crippen LogP contribution in [0.4, 0.5) is 10.1 Å². The average Bonchev–Trinajstić information content (AvgIpc) is 3.21. The van der Waals surface area contributed by atoms with Crippen molar-refractivity contribution in [3.63, 3.8) is 0 Å². The number of hydrogen-bond acceptors (Lipinski definition) is 6. The zero-order valence-corrected chi connectivity index (χ0v) is 17.8. The van der Waals surface area contributed by atoms with Crippen molar-refractivity contribution in [2.75, 3.05) is 13.1 Å². The van der Waals surface area contributed by atoms with Crippen LogP contribution in [0.3, 0.4) is 0 Å². The van der Waals surface area contributed by atoms with E-state index in [4.69, 9.17) is 0 Å².